The van der Waals surface area contributed by atoms with Crippen molar-refractivity contribution < 1.29 is 19.8 Å². The summed E-state index contributed by atoms with van der Waals surface area (Å²) in [6.45, 7) is 4.74. The van der Waals surface area contributed by atoms with E-state index >= 15 is 0 Å². The van der Waals surface area contributed by atoms with E-state index in [-0.39, 0.29) is 0 Å². The van der Waals surface area contributed by atoms with Crippen molar-refractivity contribution in [3.8, 4) is 0 Å². The van der Waals surface area contributed by atoms with Gasteiger partial charge in [0, 0.05) is 0 Å². The van der Waals surface area contributed by atoms with Gasteiger partial charge in [-0.05, 0) is 93.7 Å². The summed E-state index contributed by atoms with van der Waals surface area (Å²) >= 11 is 0. The quantitative estimate of drug-likeness (QED) is 0.371. The highest BCUT2D eigenvalue weighted by atomic mass is 16.4. The Labute approximate surface area is 158 Å². The maximum Gasteiger partial charge on any atom is 0.323 e. The van der Waals surface area contributed by atoms with Gasteiger partial charge in [-0.1, -0.05) is 0 Å². The Balaban J connectivity index is 0. The van der Waals surface area contributed by atoms with Crippen molar-refractivity contribution in [2.45, 2.75) is 63.5 Å². The van der Waals surface area contributed by atoms with E-state index < -0.39 is 23.0 Å². The van der Waals surface area contributed by atoms with Crippen LogP contribution < -0.4 is 11.5 Å². The second-order valence-corrected chi connectivity index (χ2v) is 7.44. The van der Waals surface area contributed by atoms with Gasteiger partial charge < -0.3 is 21.7 Å². The number of likely N-dealkylation sites (N-methyl/N-ethyl adjacent to an activating group) is 2. The summed E-state index contributed by atoms with van der Waals surface area (Å²) in [5.41, 5.74) is 9.19. The molecule has 0 saturated carbocycles. The molecule has 2 unspecified atom stereocenters. The van der Waals surface area contributed by atoms with E-state index in [0.717, 1.165) is 25.7 Å². The van der Waals surface area contributed by atoms with Crippen LogP contribution in [0.5, 0.6) is 0 Å². The molecule has 0 aliphatic rings. The minimum absolute atomic E-state index is 0.628. The third kappa shape index (κ3) is 8.93. The van der Waals surface area contributed by atoms with Gasteiger partial charge in [0.25, 0.3) is 0 Å². The van der Waals surface area contributed by atoms with E-state index in [4.69, 9.17) is 21.7 Å². The van der Waals surface area contributed by atoms with Gasteiger partial charge in [0.05, 0.1) is 0 Å². The fourth-order valence-corrected chi connectivity index (χ4v) is 2.27. The van der Waals surface area contributed by atoms with Gasteiger partial charge in [0.1, 0.15) is 11.1 Å². The summed E-state index contributed by atoms with van der Waals surface area (Å²) < 4.78 is 0. The number of unbranched alkanes of at least 4 members (excludes halogenated alkanes) is 2. The van der Waals surface area contributed by atoms with Crippen LogP contribution in [0.15, 0.2) is 0 Å². The Bertz CT molecular complexity index is 380. The lowest BCUT2D eigenvalue weighted by molar-refractivity contribution is -0.150. The molecule has 8 nitrogen and oxygen atoms in total. The monoisotopic (exact) mass is 376 g/mol. The van der Waals surface area contributed by atoms with Crippen molar-refractivity contribution in [2.24, 2.45) is 11.5 Å². The molecular formula is C18H40N4O4. The number of carboxylic acid groups (broad SMARTS) is 2. The normalized spacial score (nSPS) is 15.8. The molecule has 0 heterocycles. The number of rotatable bonds is 12. The van der Waals surface area contributed by atoms with Crippen molar-refractivity contribution in [2.75, 3.05) is 41.3 Å². The van der Waals surface area contributed by atoms with Crippen LogP contribution in [0.2, 0.25) is 0 Å². The molecule has 0 aromatic heterocycles. The van der Waals surface area contributed by atoms with Crippen LogP contribution in [0.1, 0.15) is 52.4 Å². The first-order valence-corrected chi connectivity index (χ1v) is 9.12. The molecule has 0 radical (unpaired) electrons. The lowest BCUT2D eigenvalue weighted by Crippen LogP contribution is -2.48. The molecule has 0 spiro atoms. The summed E-state index contributed by atoms with van der Waals surface area (Å²) in [5, 5.41) is 18.1. The third-order valence-electron chi connectivity index (χ3n) is 5.13. The minimum Gasteiger partial charge on any atom is -0.480 e. The SMILES string of the molecule is CN(C)C(C)(CCCCN)C(=O)O.CN(C)C(C)(CCCCN)C(=O)O. The van der Waals surface area contributed by atoms with E-state index in [1.54, 1.807) is 51.8 Å². The summed E-state index contributed by atoms with van der Waals surface area (Å²) in [7, 11) is 7.15. The predicted molar refractivity (Wildman–Crippen MR) is 105 cm³/mol. The van der Waals surface area contributed by atoms with E-state index in [0.29, 0.717) is 25.9 Å². The largest absolute Gasteiger partial charge is 0.480 e. The predicted octanol–water partition coefficient (Wildman–Crippen LogP) is 1.04. The molecule has 0 rings (SSSR count). The molecule has 6 N–H and O–H groups in total. The number of aliphatic carboxylic acids is 2. The molecule has 0 fully saturated rings. The third-order valence-corrected chi connectivity index (χ3v) is 5.13. The summed E-state index contributed by atoms with van der Waals surface area (Å²) in [6, 6.07) is 0. The highest BCUT2D eigenvalue weighted by Gasteiger charge is 2.35. The van der Waals surface area contributed by atoms with Gasteiger partial charge in [-0.15, -0.1) is 0 Å². The van der Waals surface area contributed by atoms with Crippen LogP contribution in [-0.2, 0) is 9.59 Å². The van der Waals surface area contributed by atoms with Crippen molar-refractivity contribution >= 4 is 11.9 Å². The number of nitrogens with two attached hydrogens (primary N) is 2. The maximum absolute atomic E-state index is 11.0. The van der Waals surface area contributed by atoms with Crippen LogP contribution in [-0.4, -0.2) is 84.3 Å². The molecular weight excluding hydrogens is 336 g/mol. The number of carboxylic acids is 2. The fourth-order valence-electron chi connectivity index (χ4n) is 2.27. The zero-order valence-corrected chi connectivity index (χ0v) is 17.4. The first-order chi connectivity index (χ1) is 11.9. The average Bonchev–Trinajstić information content (AvgIpc) is 2.54. The summed E-state index contributed by atoms with van der Waals surface area (Å²) in [6.07, 6.45) is 4.78. The van der Waals surface area contributed by atoms with Gasteiger partial charge >= 0.3 is 11.9 Å². The number of hydrogen-bond donors (Lipinski definition) is 4. The van der Waals surface area contributed by atoms with Crippen LogP contribution in [0, 0.1) is 0 Å². The van der Waals surface area contributed by atoms with E-state index in [2.05, 4.69) is 0 Å². The van der Waals surface area contributed by atoms with Crippen LogP contribution in [0.4, 0.5) is 0 Å². The van der Waals surface area contributed by atoms with Gasteiger partial charge in [-0.3, -0.25) is 19.4 Å². The molecule has 0 aromatic carbocycles. The van der Waals surface area contributed by atoms with E-state index in [9.17, 15) is 9.59 Å². The molecule has 8 heteroatoms. The molecule has 156 valence electrons. The van der Waals surface area contributed by atoms with Gasteiger partial charge in [-0.2, -0.15) is 0 Å². The highest BCUT2D eigenvalue weighted by molar-refractivity contribution is 5.78. The Kier molecular flexibility index (Phi) is 13.5. The van der Waals surface area contributed by atoms with Crippen LogP contribution in [0.3, 0.4) is 0 Å². The zero-order chi connectivity index (χ0) is 21.0. The standard InChI is InChI=1S/2C9H20N2O2/c2*1-9(8(12)13,11(2)3)6-4-5-7-10/h2*4-7,10H2,1-3H3,(H,12,13). The second kappa shape index (κ2) is 13.0. The van der Waals surface area contributed by atoms with Gasteiger partial charge in [0.2, 0.25) is 0 Å². The van der Waals surface area contributed by atoms with E-state index in [1.165, 1.54) is 0 Å². The summed E-state index contributed by atoms with van der Waals surface area (Å²) in [4.78, 5) is 25.5. The van der Waals surface area contributed by atoms with E-state index in [1.807, 2.05) is 0 Å². The van der Waals surface area contributed by atoms with Crippen molar-refractivity contribution in [1.29, 1.82) is 0 Å². The Hall–Kier alpha value is -1.22. The van der Waals surface area contributed by atoms with Gasteiger partial charge in [0.15, 0.2) is 0 Å². The van der Waals surface area contributed by atoms with Crippen LogP contribution >= 0.6 is 0 Å². The molecule has 0 aliphatic carbocycles. The average molecular weight is 377 g/mol. The van der Waals surface area contributed by atoms with Gasteiger partial charge in [-0.25, -0.2) is 0 Å². The zero-order valence-electron chi connectivity index (χ0n) is 17.4. The lowest BCUT2D eigenvalue weighted by atomic mass is 9.94. The first-order valence-electron chi connectivity index (χ1n) is 9.12. The fraction of sp³-hybridized carbons (Fsp3) is 0.889. The minimum atomic E-state index is -0.769. The van der Waals surface area contributed by atoms with Crippen molar-refractivity contribution in [1.82, 2.24) is 9.80 Å². The molecule has 2 atom stereocenters. The maximum atomic E-state index is 11.0. The molecule has 0 saturated heterocycles. The number of hydrogen-bond acceptors (Lipinski definition) is 6. The van der Waals surface area contributed by atoms with Crippen LogP contribution in [0.25, 0.3) is 0 Å². The Morgan fingerprint density at radius 3 is 1.15 bits per heavy atom. The Morgan fingerprint density at radius 2 is 1.00 bits per heavy atom. The van der Waals surface area contributed by atoms with Crippen molar-refractivity contribution in [3.05, 3.63) is 0 Å². The Morgan fingerprint density at radius 1 is 0.731 bits per heavy atom. The molecule has 0 bridgehead atoms. The highest BCUT2D eigenvalue weighted by Crippen LogP contribution is 2.20. The van der Waals surface area contributed by atoms with Crippen molar-refractivity contribution in [3.63, 3.8) is 0 Å². The lowest BCUT2D eigenvalue weighted by Gasteiger charge is -2.32. The molecule has 0 amide bonds. The first kappa shape index (κ1) is 27.0. The number of carbonyl (C=O) groups is 2. The molecule has 0 aliphatic heterocycles. The molecule has 26 heavy (non-hydrogen) atoms. The molecule has 0 aromatic rings. The topological polar surface area (TPSA) is 133 Å². The smallest absolute Gasteiger partial charge is 0.323 e. The number of nitrogens with zero attached hydrogens (tertiary/aromatic N) is 2. The second-order valence-electron chi connectivity index (χ2n) is 7.44. The summed E-state index contributed by atoms with van der Waals surface area (Å²) in [5.74, 6) is -1.54.